The lowest BCUT2D eigenvalue weighted by Gasteiger charge is -2.18. The van der Waals surface area contributed by atoms with Crippen LogP contribution in [0.5, 0.6) is 0 Å². The van der Waals surface area contributed by atoms with Gasteiger partial charge in [0, 0.05) is 12.1 Å². The molecule has 0 amide bonds. The number of Topliss-reactive ketones (excluding diaryl/α,β-unsaturated/α-hetero) is 1. The Bertz CT molecular complexity index is 228. The van der Waals surface area contributed by atoms with Crippen LogP contribution in [0.3, 0.4) is 0 Å². The molecule has 1 saturated heterocycles. The summed E-state index contributed by atoms with van der Waals surface area (Å²) in [4.78, 5) is 20.1. The number of hydrogen-bond donors (Lipinski definition) is 3. The topological polar surface area (TPSA) is 102 Å². The smallest absolute Gasteiger partial charge is 0.319 e. The molecule has 0 saturated carbocycles. The summed E-state index contributed by atoms with van der Waals surface area (Å²) < 4.78 is 4.69. The summed E-state index contributed by atoms with van der Waals surface area (Å²) in [5, 5.41) is 11.5. The number of ketones is 1. The van der Waals surface area contributed by atoms with Crippen LogP contribution in [-0.4, -0.2) is 54.0 Å². The monoisotopic (exact) mass is 356 g/mol. The molecule has 0 aromatic heterocycles. The maximum atomic E-state index is 10.3. The molecule has 1 rings (SSSR count). The normalized spacial score (nSPS) is 17.8. The number of carbonyl (C=O) groups excluding carboxylic acids is 2. The number of aliphatic hydroxyl groups excluding tert-OH is 1. The molecule has 7 heteroatoms. The van der Waals surface area contributed by atoms with E-state index in [9.17, 15) is 9.59 Å². The van der Waals surface area contributed by atoms with Crippen molar-refractivity contribution in [1.29, 1.82) is 0 Å². The van der Waals surface area contributed by atoms with Gasteiger partial charge >= 0.3 is 5.97 Å². The summed E-state index contributed by atoms with van der Waals surface area (Å²) in [5.41, 5.74) is 5.04. The van der Waals surface area contributed by atoms with Gasteiger partial charge in [-0.1, -0.05) is 29.8 Å². The number of cyclic esters (lactones) is 1. The van der Waals surface area contributed by atoms with Gasteiger partial charge in [0.15, 0.2) is 0 Å². The molecular formula is C13H29BrN2O4. The predicted octanol–water partition coefficient (Wildman–Crippen LogP) is 0.844. The first kappa shape index (κ1) is 24.5. The molecule has 1 aliphatic heterocycles. The van der Waals surface area contributed by atoms with Gasteiger partial charge in [-0.05, 0) is 20.8 Å². The van der Waals surface area contributed by atoms with Crippen LogP contribution in [0.1, 0.15) is 34.6 Å². The van der Waals surface area contributed by atoms with Crippen molar-refractivity contribution in [3.8, 4) is 0 Å². The van der Waals surface area contributed by atoms with Crippen LogP contribution in [0.15, 0.2) is 0 Å². The van der Waals surface area contributed by atoms with Crippen LogP contribution in [0.2, 0.25) is 0 Å². The molecule has 0 aromatic carbocycles. The van der Waals surface area contributed by atoms with Gasteiger partial charge in [0.05, 0.1) is 18.5 Å². The van der Waals surface area contributed by atoms with E-state index in [4.69, 9.17) is 10.8 Å². The summed E-state index contributed by atoms with van der Waals surface area (Å²) in [6.45, 7) is 10.2. The molecule has 2 atom stereocenters. The lowest BCUT2D eigenvalue weighted by atomic mass is 10.3. The maximum absolute atomic E-state index is 10.3. The SMILES string of the molecule is CC.CC(=O)CBr.C[C@H](N)CO.C[C@H]1COC(=O)CN1. The van der Waals surface area contributed by atoms with Gasteiger partial charge in [0.1, 0.15) is 12.4 Å². The number of ether oxygens (including phenoxy) is 1. The fourth-order valence-corrected chi connectivity index (χ4v) is 0.585. The minimum Gasteiger partial charge on any atom is -0.463 e. The van der Waals surface area contributed by atoms with Crippen LogP contribution < -0.4 is 11.1 Å². The molecule has 0 unspecified atom stereocenters. The Balaban J connectivity index is -0.000000213. The van der Waals surface area contributed by atoms with Gasteiger partial charge < -0.3 is 20.9 Å². The quantitative estimate of drug-likeness (QED) is 0.500. The van der Waals surface area contributed by atoms with Gasteiger partial charge in [-0.15, -0.1) is 0 Å². The van der Waals surface area contributed by atoms with Crippen molar-refractivity contribution in [3.63, 3.8) is 0 Å². The molecule has 0 aromatic rings. The van der Waals surface area contributed by atoms with Crippen LogP contribution in [0.25, 0.3) is 0 Å². The zero-order chi connectivity index (χ0) is 16.6. The van der Waals surface area contributed by atoms with E-state index in [0.29, 0.717) is 24.5 Å². The number of carbonyl (C=O) groups is 2. The number of nitrogens with two attached hydrogens (primary N) is 1. The molecule has 4 N–H and O–H groups in total. The third kappa shape index (κ3) is 26.1. The summed E-state index contributed by atoms with van der Waals surface area (Å²) in [7, 11) is 0. The summed E-state index contributed by atoms with van der Waals surface area (Å²) >= 11 is 2.96. The average Bonchev–Trinajstić information content (AvgIpc) is 2.45. The van der Waals surface area contributed by atoms with Crippen molar-refractivity contribution in [1.82, 2.24) is 5.32 Å². The fraction of sp³-hybridized carbons (Fsp3) is 0.846. The molecule has 0 radical (unpaired) electrons. The largest absolute Gasteiger partial charge is 0.463 e. The molecule has 6 nitrogen and oxygen atoms in total. The van der Waals surface area contributed by atoms with Crippen molar-refractivity contribution in [3.05, 3.63) is 0 Å². The maximum Gasteiger partial charge on any atom is 0.319 e. The highest BCUT2D eigenvalue weighted by Gasteiger charge is 2.13. The lowest BCUT2D eigenvalue weighted by molar-refractivity contribution is -0.146. The second-order valence-corrected chi connectivity index (χ2v) is 4.52. The Hall–Kier alpha value is -0.500. The number of halogens is 1. The van der Waals surface area contributed by atoms with E-state index in [2.05, 4.69) is 26.0 Å². The van der Waals surface area contributed by atoms with Crippen LogP contribution in [0.4, 0.5) is 0 Å². The van der Waals surface area contributed by atoms with Crippen molar-refractivity contribution >= 4 is 27.7 Å². The number of esters is 1. The standard InChI is InChI=1S/C5H9NO2.C3H5BrO.C3H9NO.C2H6/c1-4-3-8-5(7)2-6-4;1-3(5)2-4;1-3(4)2-5;1-2/h4,6H,2-3H2,1H3;2H2,1H3;3,5H,2,4H2,1H3;1-2H3/t4-;;3-;/m0.0./s1. The van der Waals surface area contributed by atoms with Gasteiger partial charge in [-0.25, -0.2) is 0 Å². The molecule has 122 valence electrons. The Kier molecular flexibility index (Phi) is 22.7. The predicted molar refractivity (Wildman–Crippen MR) is 85.0 cm³/mol. The van der Waals surface area contributed by atoms with E-state index < -0.39 is 0 Å². The first-order valence-corrected chi connectivity index (χ1v) is 7.76. The van der Waals surface area contributed by atoms with Crippen LogP contribution in [0, 0.1) is 0 Å². The number of aliphatic hydroxyl groups is 1. The molecule has 0 aliphatic carbocycles. The Morgan fingerprint density at radius 2 is 2.00 bits per heavy atom. The zero-order valence-corrected chi connectivity index (χ0v) is 14.7. The van der Waals surface area contributed by atoms with E-state index in [1.54, 1.807) is 6.92 Å². The number of morpholine rings is 1. The average molecular weight is 357 g/mol. The highest BCUT2D eigenvalue weighted by atomic mass is 79.9. The van der Waals surface area contributed by atoms with Crippen LogP contribution >= 0.6 is 15.9 Å². The van der Waals surface area contributed by atoms with Gasteiger partial charge in [-0.3, -0.25) is 9.59 Å². The van der Waals surface area contributed by atoms with E-state index in [0.717, 1.165) is 0 Å². The first-order chi connectivity index (χ1) is 9.33. The van der Waals surface area contributed by atoms with Crippen LogP contribution in [-0.2, 0) is 14.3 Å². The zero-order valence-electron chi connectivity index (χ0n) is 13.1. The van der Waals surface area contributed by atoms with Gasteiger partial charge in [0.25, 0.3) is 0 Å². The molecule has 20 heavy (non-hydrogen) atoms. The van der Waals surface area contributed by atoms with Crippen molar-refractivity contribution < 1.29 is 19.4 Å². The van der Waals surface area contributed by atoms with E-state index in [1.165, 1.54) is 6.92 Å². The highest BCUT2D eigenvalue weighted by Crippen LogP contribution is 1.90. The Morgan fingerprint density at radius 3 is 2.15 bits per heavy atom. The van der Waals surface area contributed by atoms with Gasteiger partial charge in [-0.2, -0.15) is 0 Å². The van der Waals surface area contributed by atoms with E-state index >= 15 is 0 Å². The number of nitrogens with one attached hydrogen (secondary N) is 1. The van der Waals surface area contributed by atoms with E-state index in [1.807, 2.05) is 20.8 Å². The van der Waals surface area contributed by atoms with E-state index in [-0.39, 0.29) is 24.4 Å². The van der Waals surface area contributed by atoms with Gasteiger partial charge in [0.2, 0.25) is 0 Å². The summed E-state index contributed by atoms with van der Waals surface area (Å²) in [5.74, 6) is 0.0214. The number of alkyl halides is 1. The molecule has 1 aliphatic rings. The lowest BCUT2D eigenvalue weighted by Crippen LogP contribution is -2.41. The molecule has 1 fully saturated rings. The molecule has 1 heterocycles. The Morgan fingerprint density at radius 1 is 1.60 bits per heavy atom. The highest BCUT2D eigenvalue weighted by molar-refractivity contribution is 9.09. The molecule has 0 spiro atoms. The Labute approximate surface area is 130 Å². The second-order valence-electron chi connectivity index (χ2n) is 3.96. The molecule has 0 bridgehead atoms. The molecular weight excluding hydrogens is 328 g/mol. The third-order valence-corrected chi connectivity index (χ3v) is 2.36. The fourth-order valence-electron chi connectivity index (χ4n) is 0.585. The number of rotatable bonds is 2. The first-order valence-electron chi connectivity index (χ1n) is 6.64. The summed E-state index contributed by atoms with van der Waals surface area (Å²) in [6, 6.07) is 0.266. The van der Waals surface area contributed by atoms with Crippen molar-refractivity contribution in [2.45, 2.75) is 46.7 Å². The summed E-state index contributed by atoms with van der Waals surface area (Å²) in [6.07, 6.45) is 0. The third-order valence-electron chi connectivity index (χ3n) is 1.57. The number of hydrogen-bond acceptors (Lipinski definition) is 6. The van der Waals surface area contributed by atoms with Crippen molar-refractivity contribution in [2.24, 2.45) is 5.73 Å². The second kappa shape index (κ2) is 18.5. The minimum absolute atomic E-state index is 0.0602. The van der Waals surface area contributed by atoms with Crippen molar-refractivity contribution in [2.75, 3.05) is 25.1 Å². The minimum atomic E-state index is -0.150.